The summed E-state index contributed by atoms with van der Waals surface area (Å²) in [5.41, 5.74) is 0.931. The lowest BCUT2D eigenvalue weighted by molar-refractivity contribution is 0.0652. The number of nitrogens with zero attached hydrogens (tertiary/aromatic N) is 1. The molecule has 1 aromatic rings. The Labute approximate surface area is 138 Å². The summed E-state index contributed by atoms with van der Waals surface area (Å²) in [6, 6.07) is 6.84. The first-order chi connectivity index (χ1) is 10.5. The lowest BCUT2D eigenvalue weighted by Crippen LogP contribution is -2.30. The first-order valence-electron chi connectivity index (χ1n) is 7.26. The van der Waals surface area contributed by atoms with E-state index in [9.17, 15) is 14.2 Å². The Hall–Kier alpha value is -0.970. The van der Waals surface area contributed by atoms with E-state index in [-0.39, 0.29) is 11.8 Å². The van der Waals surface area contributed by atoms with Gasteiger partial charge in [0, 0.05) is 12.7 Å². The molecule has 120 valence electrons. The second-order valence-electron chi connectivity index (χ2n) is 5.09. The monoisotopic (exact) mass is 387 g/mol. The van der Waals surface area contributed by atoms with Gasteiger partial charge >= 0.3 is 0 Å². The standard InChI is InChI=1S/C15H19BrNO4P/c1-2-21-22(20,11-16)10-6-5-9-17-14(18)12-7-3-4-8-13(12)15(17)19/h3-4,7-8H,2,5-6,9-11H2,1H3. The molecule has 22 heavy (non-hydrogen) atoms. The number of benzene rings is 1. The summed E-state index contributed by atoms with van der Waals surface area (Å²) in [5.74, 6) is -0.483. The zero-order chi connectivity index (χ0) is 16.2. The van der Waals surface area contributed by atoms with Gasteiger partial charge < -0.3 is 4.52 Å². The first-order valence-corrected chi connectivity index (χ1v) is 10.4. The van der Waals surface area contributed by atoms with Gasteiger partial charge in [-0.15, -0.1) is 0 Å². The first kappa shape index (κ1) is 17.4. The summed E-state index contributed by atoms with van der Waals surface area (Å²) >= 11 is 3.22. The molecule has 7 heteroatoms. The summed E-state index contributed by atoms with van der Waals surface area (Å²) < 4.78 is 17.6. The lowest BCUT2D eigenvalue weighted by Gasteiger charge is -2.16. The maximum atomic E-state index is 12.3. The molecule has 0 bridgehead atoms. The Kier molecular flexibility index (Phi) is 5.95. The molecule has 1 heterocycles. The number of carbonyl (C=O) groups excluding carboxylic acids is 2. The van der Waals surface area contributed by atoms with Crippen LogP contribution in [0.4, 0.5) is 0 Å². The van der Waals surface area contributed by atoms with Crippen molar-refractivity contribution in [2.24, 2.45) is 0 Å². The van der Waals surface area contributed by atoms with Crippen molar-refractivity contribution in [2.75, 3.05) is 24.4 Å². The zero-order valence-corrected chi connectivity index (χ0v) is 14.9. The van der Waals surface area contributed by atoms with E-state index in [1.54, 1.807) is 24.3 Å². The van der Waals surface area contributed by atoms with Crippen LogP contribution in [0.5, 0.6) is 0 Å². The Morgan fingerprint density at radius 3 is 2.23 bits per heavy atom. The molecule has 0 aliphatic carbocycles. The Morgan fingerprint density at radius 2 is 1.73 bits per heavy atom. The van der Waals surface area contributed by atoms with E-state index < -0.39 is 7.37 Å². The second-order valence-corrected chi connectivity index (χ2v) is 9.17. The van der Waals surface area contributed by atoms with Crippen LogP contribution in [0.2, 0.25) is 0 Å². The van der Waals surface area contributed by atoms with E-state index in [1.165, 1.54) is 4.90 Å². The normalized spacial score (nSPS) is 16.7. The van der Waals surface area contributed by atoms with Gasteiger partial charge in [-0.1, -0.05) is 28.1 Å². The van der Waals surface area contributed by atoms with Gasteiger partial charge in [0.2, 0.25) is 7.37 Å². The van der Waals surface area contributed by atoms with Crippen molar-refractivity contribution in [3.05, 3.63) is 35.4 Å². The van der Waals surface area contributed by atoms with Crippen LogP contribution in [0.1, 0.15) is 40.5 Å². The highest BCUT2D eigenvalue weighted by molar-refractivity contribution is 9.10. The molecule has 5 nitrogen and oxygen atoms in total. The van der Waals surface area contributed by atoms with Crippen molar-refractivity contribution in [1.29, 1.82) is 0 Å². The maximum absolute atomic E-state index is 12.3. The number of alkyl halides is 1. The number of amides is 2. The molecule has 0 N–H and O–H groups in total. The minimum absolute atomic E-state index is 0.242. The van der Waals surface area contributed by atoms with Crippen LogP contribution in [-0.4, -0.2) is 41.1 Å². The molecule has 0 aromatic heterocycles. The fraction of sp³-hybridized carbons (Fsp3) is 0.467. The molecule has 0 saturated heterocycles. The quantitative estimate of drug-likeness (QED) is 0.295. The Balaban J connectivity index is 1.88. The van der Waals surface area contributed by atoms with Crippen molar-refractivity contribution in [2.45, 2.75) is 19.8 Å². The Bertz CT molecular complexity index is 584. The fourth-order valence-electron chi connectivity index (χ4n) is 2.46. The van der Waals surface area contributed by atoms with Gasteiger partial charge in [-0.2, -0.15) is 0 Å². The third-order valence-corrected chi connectivity index (χ3v) is 7.94. The molecule has 1 atom stereocenters. The lowest BCUT2D eigenvalue weighted by atomic mass is 10.1. The molecule has 0 radical (unpaired) electrons. The summed E-state index contributed by atoms with van der Waals surface area (Å²) in [6.07, 6.45) is 1.72. The molecule has 0 spiro atoms. The molecule has 0 fully saturated rings. The molecule has 0 saturated carbocycles. The molecule has 1 aliphatic heterocycles. The number of hydrogen-bond acceptors (Lipinski definition) is 4. The number of halogens is 1. The summed E-state index contributed by atoms with van der Waals surface area (Å²) in [4.78, 5) is 25.6. The van der Waals surface area contributed by atoms with E-state index in [0.29, 0.717) is 48.4 Å². The minimum atomic E-state index is -2.62. The summed E-state index contributed by atoms with van der Waals surface area (Å²) in [5, 5.41) is 0.334. The highest BCUT2D eigenvalue weighted by atomic mass is 79.9. The maximum Gasteiger partial charge on any atom is 0.261 e. The number of hydrogen-bond donors (Lipinski definition) is 0. The Morgan fingerprint density at radius 1 is 1.14 bits per heavy atom. The number of fused-ring (bicyclic) bond motifs is 1. The van der Waals surface area contributed by atoms with E-state index in [4.69, 9.17) is 4.52 Å². The molecular weight excluding hydrogens is 369 g/mol. The van der Waals surface area contributed by atoms with Crippen LogP contribution in [0.15, 0.2) is 24.3 Å². The second kappa shape index (κ2) is 7.53. The molecule has 1 aliphatic rings. The van der Waals surface area contributed by atoms with Crippen LogP contribution in [0, 0.1) is 0 Å². The van der Waals surface area contributed by atoms with Crippen molar-refractivity contribution in [1.82, 2.24) is 4.90 Å². The van der Waals surface area contributed by atoms with Crippen LogP contribution in [-0.2, 0) is 9.09 Å². The average Bonchev–Trinajstić information content (AvgIpc) is 2.77. The van der Waals surface area contributed by atoms with Crippen molar-refractivity contribution in [3.63, 3.8) is 0 Å². The van der Waals surface area contributed by atoms with Crippen LogP contribution in [0.25, 0.3) is 0 Å². The van der Waals surface area contributed by atoms with Gasteiger partial charge in [0.05, 0.1) is 22.8 Å². The van der Waals surface area contributed by atoms with E-state index >= 15 is 0 Å². The average molecular weight is 388 g/mol. The van der Waals surface area contributed by atoms with Crippen molar-refractivity contribution >= 4 is 35.1 Å². The number of unbranched alkanes of at least 4 members (excludes halogenated alkanes) is 1. The van der Waals surface area contributed by atoms with Gasteiger partial charge in [0.25, 0.3) is 11.8 Å². The van der Waals surface area contributed by atoms with Crippen molar-refractivity contribution < 1.29 is 18.7 Å². The molecule has 1 unspecified atom stereocenters. The number of carbonyl (C=O) groups is 2. The highest BCUT2D eigenvalue weighted by Crippen LogP contribution is 2.49. The van der Waals surface area contributed by atoms with Gasteiger partial charge in [-0.25, -0.2) is 0 Å². The number of rotatable bonds is 8. The van der Waals surface area contributed by atoms with E-state index in [0.717, 1.165) is 0 Å². The fourth-order valence-corrected chi connectivity index (χ4v) is 5.14. The van der Waals surface area contributed by atoms with E-state index in [2.05, 4.69) is 15.9 Å². The SMILES string of the molecule is CCOP(=O)(CBr)CCCCN1C(=O)c2ccccc2C1=O. The summed E-state index contributed by atoms with van der Waals surface area (Å²) in [7, 11) is -2.62. The van der Waals surface area contributed by atoms with Crippen LogP contribution >= 0.6 is 23.3 Å². The smallest absolute Gasteiger partial charge is 0.261 e. The molecular formula is C15H19BrNO4P. The summed E-state index contributed by atoms with van der Waals surface area (Å²) in [6.45, 7) is 2.58. The van der Waals surface area contributed by atoms with Crippen LogP contribution in [0.3, 0.4) is 0 Å². The predicted octanol–water partition coefficient (Wildman–Crippen LogP) is 3.73. The largest absolute Gasteiger partial charge is 0.328 e. The third-order valence-electron chi connectivity index (χ3n) is 3.56. The highest BCUT2D eigenvalue weighted by Gasteiger charge is 2.34. The zero-order valence-electron chi connectivity index (χ0n) is 12.5. The minimum Gasteiger partial charge on any atom is -0.328 e. The topological polar surface area (TPSA) is 63.7 Å². The van der Waals surface area contributed by atoms with E-state index in [1.807, 2.05) is 6.92 Å². The van der Waals surface area contributed by atoms with Gasteiger partial charge in [0.15, 0.2) is 0 Å². The van der Waals surface area contributed by atoms with Gasteiger partial charge in [-0.05, 0) is 31.9 Å². The molecule has 2 amide bonds. The molecule has 1 aromatic carbocycles. The molecule has 2 rings (SSSR count). The van der Waals surface area contributed by atoms with Crippen LogP contribution < -0.4 is 0 Å². The predicted molar refractivity (Wildman–Crippen MR) is 88.9 cm³/mol. The third kappa shape index (κ3) is 3.67. The van der Waals surface area contributed by atoms with Gasteiger partial charge in [0.1, 0.15) is 0 Å². The van der Waals surface area contributed by atoms with Gasteiger partial charge in [-0.3, -0.25) is 19.1 Å². The van der Waals surface area contributed by atoms with Crippen molar-refractivity contribution in [3.8, 4) is 0 Å². The number of imide groups is 1.